The van der Waals surface area contributed by atoms with E-state index in [0.717, 1.165) is 38.6 Å². The van der Waals surface area contributed by atoms with E-state index in [9.17, 15) is 4.79 Å². The molecule has 1 aromatic heterocycles. The molecule has 0 aliphatic carbocycles. The number of nitrogens with two attached hydrogens (primary N) is 1. The first-order valence-corrected chi connectivity index (χ1v) is 7.64. The van der Waals surface area contributed by atoms with E-state index in [-0.39, 0.29) is 11.3 Å². The molecule has 3 N–H and O–H groups in total. The Labute approximate surface area is 121 Å². The highest BCUT2D eigenvalue weighted by Gasteiger charge is 2.34. The molecule has 0 fully saturated rings. The summed E-state index contributed by atoms with van der Waals surface area (Å²) in [6.45, 7) is 6.13. The van der Waals surface area contributed by atoms with Gasteiger partial charge in [-0.1, -0.05) is 26.7 Å². The highest BCUT2D eigenvalue weighted by Crippen LogP contribution is 2.28. The molecule has 20 heavy (non-hydrogen) atoms. The lowest BCUT2D eigenvalue weighted by atomic mass is 9.78. The van der Waals surface area contributed by atoms with Crippen molar-refractivity contribution in [2.24, 2.45) is 11.1 Å². The quantitative estimate of drug-likeness (QED) is 0.643. The Morgan fingerprint density at radius 1 is 1.35 bits per heavy atom. The Kier molecular flexibility index (Phi) is 7.30. The first-order valence-electron chi connectivity index (χ1n) is 7.64. The third-order valence-electron chi connectivity index (χ3n) is 3.74. The molecule has 0 aromatic carbocycles. The fourth-order valence-electron chi connectivity index (χ4n) is 2.67. The third kappa shape index (κ3) is 4.63. The van der Waals surface area contributed by atoms with Gasteiger partial charge in [0.15, 0.2) is 0 Å². The normalized spacial score (nSPS) is 11.6. The average molecular weight is 280 g/mol. The number of hydrogen-bond donors (Lipinski definition) is 2. The summed E-state index contributed by atoms with van der Waals surface area (Å²) in [5.74, 6) is 0.115. The molecular formula is C15H28N4O. The Balaban J connectivity index is 2.41. The molecule has 1 rings (SSSR count). The number of carbonyl (C=O) groups excluding carboxylic acids is 1. The van der Waals surface area contributed by atoms with E-state index >= 15 is 0 Å². The molecule has 5 heteroatoms. The monoisotopic (exact) mass is 280 g/mol. The molecule has 0 unspecified atom stereocenters. The van der Waals surface area contributed by atoms with Gasteiger partial charge in [-0.3, -0.25) is 9.48 Å². The third-order valence-corrected chi connectivity index (χ3v) is 3.74. The molecule has 1 heterocycles. The fraction of sp³-hybridized carbons (Fsp3) is 0.733. The van der Waals surface area contributed by atoms with E-state index in [1.54, 1.807) is 6.20 Å². The molecule has 0 aliphatic heterocycles. The zero-order valence-corrected chi connectivity index (χ0v) is 12.8. The van der Waals surface area contributed by atoms with Crippen molar-refractivity contribution in [2.45, 2.75) is 52.5 Å². The van der Waals surface area contributed by atoms with Gasteiger partial charge in [-0.15, -0.1) is 0 Å². The summed E-state index contributed by atoms with van der Waals surface area (Å²) in [6, 6.07) is 1.90. The summed E-state index contributed by atoms with van der Waals surface area (Å²) >= 11 is 0. The second-order valence-corrected chi connectivity index (χ2v) is 5.36. The molecule has 1 amide bonds. The molecule has 0 spiro atoms. The summed E-state index contributed by atoms with van der Waals surface area (Å²) in [5, 5.41) is 7.19. The number of aromatic nitrogens is 2. The van der Waals surface area contributed by atoms with Crippen LogP contribution in [0, 0.1) is 5.41 Å². The zero-order valence-electron chi connectivity index (χ0n) is 12.8. The predicted molar refractivity (Wildman–Crippen MR) is 81.2 cm³/mol. The highest BCUT2D eigenvalue weighted by atomic mass is 16.2. The van der Waals surface area contributed by atoms with Gasteiger partial charge >= 0.3 is 0 Å². The fourth-order valence-corrected chi connectivity index (χ4v) is 2.67. The summed E-state index contributed by atoms with van der Waals surface area (Å²) in [6.07, 6.45) is 8.27. The minimum atomic E-state index is -0.380. The number of nitrogens with zero attached hydrogens (tertiary/aromatic N) is 2. The van der Waals surface area contributed by atoms with Crippen molar-refractivity contribution in [1.29, 1.82) is 0 Å². The molecule has 0 radical (unpaired) electrons. The molecular weight excluding hydrogens is 252 g/mol. The summed E-state index contributed by atoms with van der Waals surface area (Å²) < 4.78 is 1.88. The minimum absolute atomic E-state index is 0.115. The van der Waals surface area contributed by atoms with Crippen LogP contribution in [0.25, 0.3) is 0 Å². The molecule has 0 saturated carbocycles. The molecule has 0 atom stereocenters. The van der Waals surface area contributed by atoms with Gasteiger partial charge in [0.25, 0.3) is 0 Å². The van der Waals surface area contributed by atoms with Crippen LogP contribution < -0.4 is 11.1 Å². The second kappa shape index (κ2) is 8.74. The van der Waals surface area contributed by atoms with E-state index in [2.05, 4.69) is 24.3 Å². The first kappa shape index (κ1) is 16.7. The maximum atomic E-state index is 12.4. The maximum Gasteiger partial charge on any atom is 0.227 e. The average Bonchev–Trinajstić information content (AvgIpc) is 2.96. The maximum absolute atomic E-state index is 12.4. The van der Waals surface area contributed by atoms with Crippen LogP contribution in [-0.4, -0.2) is 28.8 Å². The van der Waals surface area contributed by atoms with Crippen molar-refractivity contribution in [3.63, 3.8) is 0 Å². The molecule has 0 saturated heterocycles. The van der Waals surface area contributed by atoms with Gasteiger partial charge < -0.3 is 11.1 Å². The number of amides is 1. The van der Waals surface area contributed by atoms with Crippen molar-refractivity contribution in [3.05, 3.63) is 18.5 Å². The van der Waals surface area contributed by atoms with Gasteiger partial charge in [-0.05, 0) is 25.3 Å². The van der Waals surface area contributed by atoms with Crippen LogP contribution >= 0.6 is 0 Å². The number of hydrogen-bond acceptors (Lipinski definition) is 3. The Hall–Kier alpha value is -1.36. The number of nitrogens with one attached hydrogen (secondary N) is 1. The predicted octanol–water partition coefficient (Wildman–Crippen LogP) is 1.93. The van der Waals surface area contributed by atoms with Crippen LogP contribution in [-0.2, 0) is 11.3 Å². The van der Waals surface area contributed by atoms with E-state index in [0.29, 0.717) is 13.1 Å². The Morgan fingerprint density at radius 2 is 2.05 bits per heavy atom. The van der Waals surface area contributed by atoms with Crippen LogP contribution in [0.4, 0.5) is 0 Å². The summed E-state index contributed by atoms with van der Waals surface area (Å²) in [4.78, 5) is 12.4. The van der Waals surface area contributed by atoms with E-state index in [4.69, 9.17) is 5.73 Å². The summed E-state index contributed by atoms with van der Waals surface area (Å²) in [5.41, 5.74) is 5.51. The van der Waals surface area contributed by atoms with Crippen molar-refractivity contribution < 1.29 is 4.79 Å². The highest BCUT2D eigenvalue weighted by molar-refractivity contribution is 5.82. The Morgan fingerprint density at radius 3 is 2.55 bits per heavy atom. The van der Waals surface area contributed by atoms with E-state index in [1.807, 2.05) is 16.9 Å². The van der Waals surface area contributed by atoms with Crippen molar-refractivity contribution in [2.75, 3.05) is 13.1 Å². The van der Waals surface area contributed by atoms with Gasteiger partial charge in [0.2, 0.25) is 5.91 Å². The lowest BCUT2D eigenvalue weighted by molar-refractivity contribution is -0.131. The number of rotatable bonds is 10. The van der Waals surface area contributed by atoms with Crippen LogP contribution in [0.3, 0.4) is 0 Å². The Bertz CT molecular complexity index is 369. The number of carbonyl (C=O) groups is 1. The molecule has 0 aliphatic rings. The van der Waals surface area contributed by atoms with Gasteiger partial charge in [-0.25, -0.2) is 0 Å². The molecule has 5 nitrogen and oxygen atoms in total. The van der Waals surface area contributed by atoms with E-state index < -0.39 is 0 Å². The smallest absolute Gasteiger partial charge is 0.227 e. The SMILES string of the molecule is CCCC(CN)(CCC)C(=O)NCCCn1cccn1. The van der Waals surface area contributed by atoms with Gasteiger partial charge in [0.1, 0.15) is 0 Å². The molecule has 1 aromatic rings. The standard InChI is InChI=1S/C15H28N4O/c1-3-7-15(13-16,8-4-2)14(20)17-9-5-11-19-12-6-10-18-19/h6,10,12H,3-5,7-9,11,13,16H2,1-2H3,(H,17,20). The van der Waals surface area contributed by atoms with Crippen LogP contribution in [0.2, 0.25) is 0 Å². The minimum Gasteiger partial charge on any atom is -0.356 e. The van der Waals surface area contributed by atoms with Crippen LogP contribution in [0.5, 0.6) is 0 Å². The lowest BCUT2D eigenvalue weighted by Crippen LogP contribution is -2.46. The largest absolute Gasteiger partial charge is 0.356 e. The van der Waals surface area contributed by atoms with Crippen molar-refractivity contribution in [1.82, 2.24) is 15.1 Å². The number of aryl methyl sites for hydroxylation is 1. The van der Waals surface area contributed by atoms with Crippen molar-refractivity contribution >= 4 is 5.91 Å². The lowest BCUT2D eigenvalue weighted by Gasteiger charge is -2.30. The van der Waals surface area contributed by atoms with E-state index in [1.165, 1.54) is 0 Å². The van der Waals surface area contributed by atoms with Crippen LogP contribution in [0.15, 0.2) is 18.5 Å². The zero-order chi connectivity index (χ0) is 14.8. The van der Waals surface area contributed by atoms with Gasteiger partial charge in [-0.2, -0.15) is 5.10 Å². The van der Waals surface area contributed by atoms with Crippen molar-refractivity contribution in [3.8, 4) is 0 Å². The first-order chi connectivity index (χ1) is 9.68. The molecule has 0 bridgehead atoms. The van der Waals surface area contributed by atoms with Gasteiger partial charge in [0, 0.05) is 32.0 Å². The van der Waals surface area contributed by atoms with Gasteiger partial charge in [0.05, 0.1) is 5.41 Å². The molecule has 114 valence electrons. The topological polar surface area (TPSA) is 72.9 Å². The van der Waals surface area contributed by atoms with Crippen LogP contribution in [0.1, 0.15) is 46.0 Å². The summed E-state index contributed by atoms with van der Waals surface area (Å²) in [7, 11) is 0. The second-order valence-electron chi connectivity index (χ2n) is 5.36.